The van der Waals surface area contributed by atoms with Crippen LogP contribution in [0.25, 0.3) is 0 Å². The van der Waals surface area contributed by atoms with Crippen LogP contribution in [0.1, 0.15) is 45.4 Å². The monoisotopic (exact) mass is 190 g/mol. The normalized spacial score (nSPS) is 36.2. The molecule has 0 spiro atoms. The summed E-state index contributed by atoms with van der Waals surface area (Å²) < 4.78 is 0. The van der Waals surface area contributed by atoms with Gasteiger partial charge in [-0.3, -0.25) is 0 Å². The smallest absolute Gasteiger partial charge is 0.0112 e. The lowest BCUT2D eigenvalue weighted by atomic mass is 9.80. The number of allylic oxidation sites excluding steroid dienone is 3. The van der Waals surface area contributed by atoms with Crippen LogP contribution < -0.4 is 0 Å². The Bertz CT molecular complexity index is 238. The summed E-state index contributed by atoms with van der Waals surface area (Å²) in [5.74, 6) is 1.68. The molecule has 3 unspecified atom stereocenters. The fourth-order valence-electron chi connectivity index (χ4n) is 3.13. The first kappa shape index (κ1) is 10.0. The summed E-state index contributed by atoms with van der Waals surface area (Å²) in [5.41, 5.74) is 0.612. The molecule has 0 N–H and O–H groups in total. The second-order valence-electron chi connectivity index (χ2n) is 5.17. The molecular weight excluding hydrogens is 168 g/mol. The molecule has 2 aliphatic carbocycles. The molecule has 78 valence electrons. The second-order valence-corrected chi connectivity index (χ2v) is 5.17. The third-order valence-corrected chi connectivity index (χ3v) is 4.27. The van der Waals surface area contributed by atoms with Crippen molar-refractivity contribution in [3.63, 3.8) is 0 Å². The maximum absolute atomic E-state index is 3.92. The van der Waals surface area contributed by atoms with Gasteiger partial charge >= 0.3 is 0 Å². The molecule has 0 aliphatic heterocycles. The Balaban J connectivity index is 1.86. The van der Waals surface area contributed by atoms with E-state index in [0.717, 1.165) is 11.8 Å². The molecule has 2 rings (SSSR count). The molecule has 1 fully saturated rings. The fourth-order valence-corrected chi connectivity index (χ4v) is 3.13. The van der Waals surface area contributed by atoms with Crippen LogP contribution in [-0.2, 0) is 0 Å². The van der Waals surface area contributed by atoms with Crippen molar-refractivity contribution in [2.24, 2.45) is 17.3 Å². The van der Waals surface area contributed by atoms with Crippen LogP contribution in [0.4, 0.5) is 0 Å². The molecule has 0 saturated heterocycles. The van der Waals surface area contributed by atoms with Gasteiger partial charge in [0.2, 0.25) is 0 Å². The lowest BCUT2D eigenvalue weighted by Gasteiger charge is -2.25. The first-order chi connectivity index (χ1) is 6.78. The Morgan fingerprint density at radius 2 is 2.50 bits per heavy atom. The maximum Gasteiger partial charge on any atom is -0.0112 e. The minimum Gasteiger partial charge on any atom is -0.103 e. The molecule has 0 radical (unpaired) electrons. The van der Waals surface area contributed by atoms with Gasteiger partial charge in [-0.05, 0) is 55.8 Å². The molecule has 3 atom stereocenters. The van der Waals surface area contributed by atoms with E-state index < -0.39 is 0 Å². The van der Waals surface area contributed by atoms with Crippen LogP contribution in [0, 0.1) is 17.3 Å². The van der Waals surface area contributed by atoms with Gasteiger partial charge in [0.25, 0.3) is 0 Å². The van der Waals surface area contributed by atoms with E-state index >= 15 is 0 Å². The summed E-state index contributed by atoms with van der Waals surface area (Å²) in [6.45, 7) is 6.19. The van der Waals surface area contributed by atoms with Crippen LogP contribution in [0.15, 0.2) is 24.8 Å². The van der Waals surface area contributed by atoms with Gasteiger partial charge in [-0.25, -0.2) is 0 Å². The van der Waals surface area contributed by atoms with E-state index in [1.807, 2.05) is 0 Å². The van der Waals surface area contributed by atoms with Crippen LogP contribution in [-0.4, -0.2) is 0 Å². The minimum atomic E-state index is 0.612. The van der Waals surface area contributed by atoms with E-state index in [9.17, 15) is 0 Å². The van der Waals surface area contributed by atoms with Crippen molar-refractivity contribution in [1.29, 1.82) is 0 Å². The molecule has 0 aromatic carbocycles. The fraction of sp³-hybridized carbons (Fsp3) is 0.714. The van der Waals surface area contributed by atoms with E-state index in [1.165, 1.54) is 38.5 Å². The Hall–Kier alpha value is -0.520. The van der Waals surface area contributed by atoms with Gasteiger partial charge in [0.15, 0.2) is 0 Å². The summed E-state index contributed by atoms with van der Waals surface area (Å²) in [6, 6.07) is 0. The number of fused-ring (bicyclic) bond motifs is 2. The molecule has 0 nitrogen and oxygen atoms in total. The lowest BCUT2D eigenvalue weighted by Crippen LogP contribution is -2.13. The van der Waals surface area contributed by atoms with E-state index in [2.05, 4.69) is 31.7 Å². The van der Waals surface area contributed by atoms with Crippen molar-refractivity contribution in [2.75, 3.05) is 0 Å². The molecular formula is C14H22. The van der Waals surface area contributed by atoms with Crippen LogP contribution in [0.2, 0.25) is 0 Å². The molecule has 14 heavy (non-hydrogen) atoms. The Morgan fingerprint density at radius 3 is 2.93 bits per heavy atom. The highest BCUT2D eigenvalue weighted by Gasteiger charge is 2.39. The predicted octanol–water partition coefficient (Wildman–Crippen LogP) is 4.34. The minimum absolute atomic E-state index is 0.612. The largest absolute Gasteiger partial charge is 0.103 e. The number of rotatable bonds is 5. The van der Waals surface area contributed by atoms with Crippen molar-refractivity contribution in [3.8, 4) is 0 Å². The Labute approximate surface area is 88.1 Å². The second kappa shape index (κ2) is 3.92. The Morgan fingerprint density at radius 1 is 1.64 bits per heavy atom. The molecule has 2 bridgehead atoms. The van der Waals surface area contributed by atoms with Gasteiger partial charge in [0.1, 0.15) is 0 Å². The lowest BCUT2D eigenvalue weighted by molar-refractivity contribution is 0.333. The molecule has 1 saturated carbocycles. The van der Waals surface area contributed by atoms with E-state index in [-0.39, 0.29) is 0 Å². The zero-order chi connectivity index (χ0) is 10.0. The van der Waals surface area contributed by atoms with Gasteiger partial charge in [-0.2, -0.15) is 0 Å². The van der Waals surface area contributed by atoms with Crippen LogP contribution >= 0.6 is 0 Å². The molecule has 2 aliphatic rings. The average molecular weight is 190 g/mol. The molecule has 0 aromatic rings. The number of hydrogen-bond donors (Lipinski definition) is 0. The summed E-state index contributed by atoms with van der Waals surface area (Å²) in [6.07, 6.45) is 15.4. The zero-order valence-corrected chi connectivity index (χ0v) is 9.34. The van der Waals surface area contributed by atoms with Crippen LogP contribution in [0.5, 0.6) is 0 Å². The highest BCUT2D eigenvalue weighted by molar-refractivity contribution is 5.15. The van der Waals surface area contributed by atoms with E-state index in [4.69, 9.17) is 0 Å². The van der Waals surface area contributed by atoms with Crippen molar-refractivity contribution >= 4 is 0 Å². The summed E-state index contributed by atoms with van der Waals surface area (Å²) in [4.78, 5) is 0. The quantitative estimate of drug-likeness (QED) is 0.566. The SMILES string of the molecule is C=CC(CC)CCC12C=CC(CC1)C2. The molecule has 0 heterocycles. The summed E-state index contributed by atoms with van der Waals surface area (Å²) in [5, 5.41) is 0. The van der Waals surface area contributed by atoms with Crippen LogP contribution in [0.3, 0.4) is 0 Å². The van der Waals surface area contributed by atoms with E-state index in [0.29, 0.717) is 5.41 Å². The van der Waals surface area contributed by atoms with Crippen molar-refractivity contribution in [3.05, 3.63) is 24.8 Å². The first-order valence-corrected chi connectivity index (χ1v) is 6.10. The molecule has 0 amide bonds. The molecule has 0 aromatic heterocycles. The van der Waals surface area contributed by atoms with Gasteiger partial charge in [0.05, 0.1) is 0 Å². The van der Waals surface area contributed by atoms with Crippen molar-refractivity contribution in [1.82, 2.24) is 0 Å². The van der Waals surface area contributed by atoms with E-state index in [1.54, 1.807) is 0 Å². The van der Waals surface area contributed by atoms with Gasteiger partial charge in [0, 0.05) is 0 Å². The summed E-state index contributed by atoms with van der Waals surface area (Å²) in [7, 11) is 0. The first-order valence-electron chi connectivity index (χ1n) is 6.10. The predicted molar refractivity (Wildman–Crippen MR) is 62.1 cm³/mol. The highest BCUT2D eigenvalue weighted by Crippen LogP contribution is 2.52. The average Bonchev–Trinajstić information content (AvgIpc) is 2.79. The Kier molecular flexibility index (Phi) is 2.80. The maximum atomic E-state index is 3.92. The highest BCUT2D eigenvalue weighted by atomic mass is 14.4. The summed E-state index contributed by atoms with van der Waals surface area (Å²) >= 11 is 0. The van der Waals surface area contributed by atoms with Gasteiger partial charge < -0.3 is 0 Å². The topological polar surface area (TPSA) is 0 Å². The van der Waals surface area contributed by atoms with Gasteiger partial charge in [-0.1, -0.05) is 25.2 Å². The van der Waals surface area contributed by atoms with Crippen molar-refractivity contribution < 1.29 is 0 Å². The zero-order valence-electron chi connectivity index (χ0n) is 9.34. The van der Waals surface area contributed by atoms with Gasteiger partial charge in [-0.15, -0.1) is 6.58 Å². The van der Waals surface area contributed by atoms with Crippen molar-refractivity contribution in [2.45, 2.75) is 45.4 Å². The standard InChI is InChI=1S/C14H22/c1-3-12(4-2)5-8-14-9-6-13(11-14)7-10-14/h3,6,9,12-13H,1,4-5,7-8,10-11H2,2H3. The third kappa shape index (κ3) is 1.80. The number of hydrogen-bond acceptors (Lipinski definition) is 0. The third-order valence-electron chi connectivity index (χ3n) is 4.27. The molecule has 0 heteroatoms.